The molecule has 0 saturated carbocycles. The highest BCUT2D eigenvalue weighted by atomic mass is 19.1. The Kier molecular flexibility index (Phi) is 4.99. The van der Waals surface area contributed by atoms with Crippen LogP contribution in [0.5, 0.6) is 0 Å². The second-order valence-corrected chi connectivity index (χ2v) is 6.38. The molecule has 4 rings (SSSR count). The lowest BCUT2D eigenvalue weighted by Gasteiger charge is -2.23. The summed E-state index contributed by atoms with van der Waals surface area (Å²) in [6, 6.07) is 12.8. The fraction of sp³-hybridized carbons (Fsp3) is 0.316. The maximum atomic E-state index is 14.5. The van der Waals surface area contributed by atoms with Crippen molar-refractivity contribution >= 4 is 0 Å². The molecule has 1 fully saturated rings. The van der Waals surface area contributed by atoms with Crippen molar-refractivity contribution in [3.8, 4) is 16.8 Å². The van der Waals surface area contributed by atoms with E-state index < -0.39 is 0 Å². The Labute approximate surface area is 151 Å². The summed E-state index contributed by atoms with van der Waals surface area (Å²) in [5, 5.41) is 14.2. The van der Waals surface area contributed by atoms with Crippen molar-refractivity contribution in [3.63, 3.8) is 0 Å². The lowest BCUT2D eigenvalue weighted by atomic mass is 10.0. The molecule has 0 aliphatic carbocycles. The summed E-state index contributed by atoms with van der Waals surface area (Å²) in [5.74, 6) is -0.309. The Morgan fingerprint density at radius 1 is 1.12 bits per heavy atom. The Bertz CT molecular complexity index is 845. The molecule has 6 nitrogen and oxygen atoms in total. The molecular weight excluding hydrogens is 333 g/mol. The topological polar surface area (TPSA) is 64.9 Å². The molecule has 1 saturated heterocycles. The van der Waals surface area contributed by atoms with Crippen LogP contribution in [0.2, 0.25) is 0 Å². The van der Waals surface area contributed by atoms with Crippen LogP contribution in [0, 0.1) is 5.82 Å². The van der Waals surface area contributed by atoms with E-state index in [2.05, 4.69) is 20.8 Å². The molecule has 2 aromatic carbocycles. The van der Waals surface area contributed by atoms with Gasteiger partial charge in [0.05, 0.1) is 18.4 Å². The fourth-order valence-corrected chi connectivity index (χ4v) is 3.12. The monoisotopic (exact) mass is 353 g/mol. The number of rotatable bonds is 5. The first kappa shape index (κ1) is 16.8. The van der Waals surface area contributed by atoms with Gasteiger partial charge in [-0.25, -0.2) is 9.07 Å². The third-order valence-electron chi connectivity index (χ3n) is 4.60. The van der Waals surface area contributed by atoms with Crippen molar-refractivity contribution in [2.75, 3.05) is 13.1 Å². The second-order valence-electron chi connectivity index (χ2n) is 6.38. The predicted octanol–water partition coefficient (Wildman–Crippen LogP) is 2.74. The van der Waals surface area contributed by atoms with E-state index in [1.54, 1.807) is 12.1 Å². The molecule has 1 aromatic heterocycles. The molecule has 7 heteroatoms. The van der Waals surface area contributed by atoms with Crippen LogP contribution in [0.15, 0.2) is 48.8 Å². The van der Waals surface area contributed by atoms with Crippen LogP contribution in [0.4, 0.5) is 4.39 Å². The standard InChI is InChI=1S/C19H20FN5O/c20-19-11-16(25-13-22-23-24-25)5-6-18(19)15-3-1-14(2-4-15)12-26-17-7-9-21-10-8-17/h1-6,11,13,17,21H,7-10,12H2. The van der Waals surface area contributed by atoms with Crippen molar-refractivity contribution in [2.24, 2.45) is 0 Å². The quantitative estimate of drug-likeness (QED) is 0.764. The molecule has 0 radical (unpaired) electrons. The van der Waals surface area contributed by atoms with Crippen molar-refractivity contribution in [1.82, 2.24) is 25.5 Å². The number of tetrazole rings is 1. The van der Waals surface area contributed by atoms with Crippen LogP contribution in [0.1, 0.15) is 18.4 Å². The highest BCUT2D eigenvalue weighted by Crippen LogP contribution is 2.25. The smallest absolute Gasteiger partial charge is 0.143 e. The minimum absolute atomic E-state index is 0.309. The van der Waals surface area contributed by atoms with Gasteiger partial charge in [-0.2, -0.15) is 0 Å². The number of hydrogen-bond donors (Lipinski definition) is 1. The molecule has 1 N–H and O–H groups in total. The number of hydrogen-bond acceptors (Lipinski definition) is 5. The zero-order valence-electron chi connectivity index (χ0n) is 14.3. The average molecular weight is 353 g/mol. The summed E-state index contributed by atoms with van der Waals surface area (Å²) in [4.78, 5) is 0. The largest absolute Gasteiger partial charge is 0.373 e. The van der Waals surface area contributed by atoms with Crippen molar-refractivity contribution in [2.45, 2.75) is 25.6 Å². The Hall–Kier alpha value is -2.64. The summed E-state index contributed by atoms with van der Waals surface area (Å²) >= 11 is 0. The molecule has 134 valence electrons. The van der Waals surface area contributed by atoms with Gasteiger partial charge in [0.2, 0.25) is 0 Å². The third kappa shape index (κ3) is 3.79. The van der Waals surface area contributed by atoms with E-state index in [0.29, 0.717) is 24.0 Å². The van der Waals surface area contributed by atoms with Gasteiger partial charge < -0.3 is 10.1 Å². The maximum absolute atomic E-state index is 14.5. The molecule has 0 amide bonds. The van der Waals surface area contributed by atoms with Gasteiger partial charge >= 0.3 is 0 Å². The fourth-order valence-electron chi connectivity index (χ4n) is 3.12. The predicted molar refractivity (Wildman–Crippen MR) is 95.2 cm³/mol. The first-order valence-corrected chi connectivity index (χ1v) is 8.74. The van der Waals surface area contributed by atoms with Crippen molar-refractivity contribution < 1.29 is 9.13 Å². The number of ether oxygens (including phenoxy) is 1. The van der Waals surface area contributed by atoms with E-state index in [0.717, 1.165) is 37.1 Å². The van der Waals surface area contributed by atoms with E-state index in [1.165, 1.54) is 17.1 Å². The zero-order valence-corrected chi connectivity index (χ0v) is 14.3. The molecule has 0 bridgehead atoms. The third-order valence-corrected chi connectivity index (χ3v) is 4.60. The molecule has 1 aliphatic rings. The van der Waals surface area contributed by atoms with E-state index in [1.807, 2.05) is 24.3 Å². The van der Waals surface area contributed by atoms with E-state index in [9.17, 15) is 4.39 Å². The van der Waals surface area contributed by atoms with Crippen LogP contribution in [0.25, 0.3) is 16.8 Å². The van der Waals surface area contributed by atoms with Gasteiger partial charge in [0.15, 0.2) is 0 Å². The van der Waals surface area contributed by atoms with Crippen molar-refractivity contribution in [3.05, 3.63) is 60.2 Å². The number of nitrogens with zero attached hydrogens (tertiary/aromatic N) is 4. The first-order valence-electron chi connectivity index (χ1n) is 8.74. The number of piperidine rings is 1. The summed E-state index contributed by atoms with van der Waals surface area (Å²) in [5.41, 5.74) is 3.06. The lowest BCUT2D eigenvalue weighted by molar-refractivity contribution is 0.0212. The minimum Gasteiger partial charge on any atom is -0.373 e. The Morgan fingerprint density at radius 3 is 2.62 bits per heavy atom. The van der Waals surface area contributed by atoms with Crippen LogP contribution >= 0.6 is 0 Å². The van der Waals surface area contributed by atoms with E-state index >= 15 is 0 Å². The van der Waals surface area contributed by atoms with Gasteiger partial charge in [-0.15, -0.1) is 5.10 Å². The SMILES string of the molecule is Fc1cc(-n2cnnn2)ccc1-c1ccc(COC2CCNCC2)cc1. The van der Waals surface area contributed by atoms with Gasteiger partial charge in [-0.3, -0.25) is 0 Å². The van der Waals surface area contributed by atoms with Gasteiger partial charge in [0.1, 0.15) is 12.1 Å². The van der Waals surface area contributed by atoms with E-state index in [-0.39, 0.29) is 5.82 Å². The summed E-state index contributed by atoms with van der Waals surface area (Å²) < 4.78 is 21.9. The molecule has 2 heterocycles. The van der Waals surface area contributed by atoms with Gasteiger partial charge in [-0.05, 0) is 59.6 Å². The summed E-state index contributed by atoms with van der Waals surface area (Å²) in [6.07, 6.45) is 3.87. The minimum atomic E-state index is -0.309. The Morgan fingerprint density at radius 2 is 1.92 bits per heavy atom. The molecule has 0 atom stereocenters. The molecular formula is C19H20FN5O. The first-order chi connectivity index (χ1) is 12.8. The zero-order chi connectivity index (χ0) is 17.8. The average Bonchev–Trinajstić information content (AvgIpc) is 3.22. The van der Waals surface area contributed by atoms with Gasteiger partial charge in [0, 0.05) is 11.6 Å². The number of benzene rings is 2. The van der Waals surface area contributed by atoms with Crippen molar-refractivity contribution in [1.29, 1.82) is 0 Å². The number of aromatic nitrogens is 4. The highest BCUT2D eigenvalue weighted by molar-refractivity contribution is 5.65. The normalized spacial score (nSPS) is 15.3. The van der Waals surface area contributed by atoms with Gasteiger partial charge in [-0.1, -0.05) is 24.3 Å². The van der Waals surface area contributed by atoms with Crippen LogP contribution < -0.4 is 5.32 Å². The van der Waals surface area contributed by atoms with Crippen LogP contribution in [-0.4, -0.2) is 39.4 Å². The molecule has 26 heavy (non-hydrogen) atoms. The van der Waals surface area contributed by atoms with E-state index in [4.69, 9.17) is 4.74 Å². The molecule has 0 unspecified atom stereocenters. The second kappa shape index (κ2) is 7.72. The molecule has 3 aromatic rings. The maximum Gasteiger partial charge on any atom is 0.143 e. The lowest BCUT2D eigenvalue weighted by Crippen LogP contribution is -2.32. The molecule has 0 spiro atoms. The van der Waals surface area contributed by atoms with Crippen LogP contribution in [0.3, 0.4) is 0 Å². The summed E-state index contributed by atoms with van der Waals surface area (Å²) in [7, 11) is 0. The Balaban J connectivity index is 1.44. The summed E-state index contributed by atoms with van der Waals surface area (Å²) in [6.45, 7) is 2.62. The van der Waals surface area contributed by atoms with Gasteiger partial charge in [0.25, 0.3) is 0 Å². The number of halogens is 1. The number of nitrogens with one attached hydrogen (secondary N) is 1. The van der Waals surface area contributed by atoms with Crippen LogP contribution in [-0.2, 0) is 11.3 Å². The molecule has 1 aliphatic heterocycles. The highest BCUT2D eigenvalue weighted by Gasteiger charge is 2.13.